The van der Waals surface area contributed by atoms with E-state index in [-0.39, 0.29) is 5.95 Å². The third kappa shape index (κ3) is 2.73. The largest absolute Gasteiger partial charge is 0.368 e. The Morgan fingerprint density at radius 2 is 1.46 bits per heavy atom. The average molecular weight is 182 g/mol. The molecule has 1 aromatic heterocycles. The smallest absolute Gasteiger partial charge is 0.229 e. The Balaban J connectivity index is 2.83. The molecule has 0 aliphatic rings. The van der Waals surface area contributed by atoms with E-state index in [1.807, 2.05) is 13.8 Å². The Bertz CT molecular complexity index is 249. The van der Waals surface area contributed by atoms with Crippen molar-refractivity contribution in [2.24, 2.45) is 0 Å². The third-order valence-electron chi connectivity index (χ3n) is 1.32. The molecule has 0 bridgehead atoms. The van der Waals surface area contributed by atoms with Crippen molar-refractivity contribution in [2.75, 3.05) is 29.5 Å². The second-order valence-electron chi connectivity index (χ2n) is 2.40. The first kappa shape index (κ1) is 9.50. The van der Waals surface area contributed by atoms with Gasteiger partial charge in [0.15, 0.2) is 0 Å². The maximum absolute atomic E-state index is 5.48. The molecule has 0 radical (unpaired) electrons. The molecule has 6 heteroatoms. The summed E-state index contributed by atoms with van der Waals surface area (Å²) in [5.74, 6) is 1.24. The topological polar surface area (TPSA) is 88.8 Å². The summed E-state index contributed by atoms with van der Waals surface area (Å²) in [6.07, 6.45) is 0. The Morgan fingerprint density at radius 1 is 1.00 bits per heavy atom. The summed E-state index contributed by atoms with van der Waals surface area (Å²) in [5, 5.41) is 5.93. The molecule has 0 amide bonds. The van der Waals surface area contributed by atoms with Crippen molar-refractivity contribution in [3.05, 3.63) is 0 Å². The maximum atomic E-state index is 5.48. The van der Waals surface area contributed by atoms with Gasteiger partial charge in [-0.25, -0.2) is 0 Å². The van der Waals surface area contributed by atoms with Gasteiger partial charge >= 0.3 is 0 Å². The van der Waals surface area contributed by atoms with E-state index in [2.05, 4.69) is 25.6 Å². The number of rotatable bonds is 4. The van der Waals surface area contributed by atoms with Crippen LogP contribution >= 0.6 is 0 Å². The summed E-state index contributed by atoms with van der Waals surface area (Å²) in [5.41, 5.74) is 5.48. The van der Waals surface area contributed by atoms with Crippen LogP contribution in [0.15, 0.2) is 0 Å². The number of nitrogen functional groups attached to an aromatic ring is 1. The Morgan fingerprint density at radius 3 is 1.85 bits per heavy atom. The molecule has 1 rings (SSSR count). The van der Waals surface area contributed by atoms with Crippen molar-refractivity contribution in [1.82, 2.24) is 15.0 Å². The lowest BCUT2D eigenvalue weighted by atomic mass is 10.7. The molecular weight excluding hydrogens is 168 g/mol. The minimum absolute atomic E-state index is 0.224. The Kier molecular flexibility index (Phi) is 3.24. The number of hydrogen-bond acceptors (Lipinski definition) is 6. The van der Waals surface area contributed by atoms with Crippen molar-refractivity contribution < 1.29 is 0 Å². The zero-order valence-corrected chi connectivity index (χ0v) is 7.83. The first-order chi connectivity index (χ1) is 6.26. The van der Waals surface area contributed by atoms with Gasteiger partial charge in [-0.15, -0.1) is 0 Å². The molecular formula is C7H14N6. The van der Waals surface area contributed by atoms with Crippen LogP contribution in [0, 0.1) is 0 Å². The summed E-state index contributed by atoms with van der Waals surface area (Å²) in [6.45, 7) is 5.45. The fourth-order valence-electron chi connectivity index (χ4n) is 0.867. The molecule has 0 atom stereocenters. The van der Waals surface area contributed by atoms with Gasteiger partial charge < -0.3 is 16.4 Å². The van der Waals surface area contributed by atoms with E-state index < -0.39 is 0 Å². The van der Waals surface area contributed by atoms with E-state index in [1.165, 1.54) is 0 Å². The molecule has 0 aliphatic heterocycles. The van der Waals surface area contributed by atoms with Crippen LogP contribution in [0.2, 0.25) is 0 Å². The predicted molar refractivity (Wildman–Crippen MR) is 52.6 cm³/mol. The second kappa shape index (κ2) is 4.44. The van der Waals surface area contributed by atoms with Crippen molar-refractivity contribution in [3.63, 3.8) is 0 Å². The summed E-state index contributed by atoms with van der Waals surface area (Å²) in [6, 6.07) is 0. The molecule has 1 aromatic rings. The van der Waals surface area contributed by atoms with Crippen LogP contribution in [-0.2, 0) is 0 Å². The van der Waals surface area contributed by atoms with Crippen LogP contribution < -0.4 is 16.4 Å². The molecule has 0 spiro atoms. The van der Waals surface area contributed by atoms with E-state index in [0.29, 0.717) is 11.9 Å². The number of nitrogens with one attached hydrogen (secondary N) is 2. The maximum Gasteiger partial charge on any atom is 0.229 e. The summed E-state index contributed by atoms with van der Waals surface area (Å²) >= 11 is 0. The van der Waals surface area contributed by atoms with E-state index in [4.69, 9.17) is 5.73 Å². The first-order valence-corrected chi connectivity index (χ1v) is 4.25. The fourth-order valence-corrected chi connectivity index (χ4v) is 0.867. The van der Waals surface area contributed by atoms with Crippen LogP contribution in [0.3, 0.4) is 0 Å². The van der Waals surface area contributed by atoms with Crippen LogP contribution in [-0.4, -0.2) is 28.0 Å². The zero-order valence-electron chi connectivity index (χ0n) is 7.83. The number of nitrogens with zero attached hydrogens (tertiary/aromatic N) is 3. The molecule has 0 unspecified atom stereocenters. The molecule has 0 aromatic carbocycles. The second-order valence-corrected chi connectivity index (χ2v) is 2.40. The van der Waals surface area contributed by atoms with Gasteiger partial charge in [0.25, 0.3) is 0 Å². The van der Waals surface area contributed by atoms with Gasteiger partial charge in [0.05, 0.1) is 0 Å². The predicted octanol–water partition coefficient (Wildman–Crippen LogP) is 0.317. The van der Waals surface area contributed by atoms with Gasteiger partial charge in [0.2, 0.25) is 17.8 Å². The first-order valence-electron chi connectivity index (χ1n) is 4.25. The highest BCUT2D eigenvalue weighted by atomic mass is 15.2. The molecule has 0 aliphatic carbocycles. The van der Waals surface area contributed by atoms with Gasteiger partial charge in [-0.3, -0.25) is 0 Å². The Hall–Kier alpha value is -1.59. The highest BCUT2D eigenvalue weighted by Gasteiger charge is 2.01. The van der Waals surface area contributed by atoms with Crippen molar-refractivity contribution in [3.8, 4) is 0 Å². The average Bonchev–Trinajstić information content (AvgIpc) is 2.04. The van der Waals surface area contributed by atoms with Crippen molar-refractivity contribution in [1.29, 1.82) is 0 Å². The van der Waals surface area contributed by atoms with Gasteiger partial charge in [-0.2, -0.15) is 15.0 Å². The fraction of sp³-hybridized carbons (Fsp3) is 0.571. The Labute approximate surface area is 77.0 Å². The van der Waals surface area contributed by atoms with Crippen LogP contribution in [0.5, 0.6) is 0 Å². The summed E-state index contributed by atoms with van der Waals surface area (Å²) in [4.78, 5) is 11.9. The van der Waals surface area contributed by atoms with E-state index >= 15 is 0 Å². The SMILES string of the molecule is CCNc1nc(N)nc(NCC)n1. The van der Waals surface area contributed by atoms with Crippen molar-refractivity contribution >= 4 is 17.8 Å². The lowest BCUT2D eigenvalue weighted by molar-refractivity contribution is 1.01. The van der Waals surface area contributed by atoms with Crippen LogP contribution in [0.25, 0.3) is 0 Å². The highest BCUT2D eigenvalue weighted by Crippen LogP contribution is 2.05. The number of hydrogen-bond donors (Lipinski definition) is 3. The molecule has 0 saturated heterocycles. The normalized spacial score (nSPS) is 9.69. The van der Waals surface area contributed by atoms with Crippen LogP contribution in [0.1, 0.15) is 13.8 Å². The minimum atomic E-state index is 0.224. The van der Waals surface area contributed by atoms with Gasteiger partial charge in [-0.05, 0) is 13.8 Å². The van der Waals surface area contributed by atoms with Crippen LogP contribution in [0.4, 0.5) is 17.8 Å². The molecule has 72 valence electrons. The molecule has 4 N–H and O–H groups in total. The lowest BCUT2D eigenvalue weighted by Gasteiger charge is -2.05. The van der Waals surface area contributed by atoms with Gasteiger partial charge in [-0.1, -0.05) is 0 Å². The summed E-state index contributed by atoms with van der Waals surface area (Å²) < 4.78 is 0. The lowest BCUT2D eigenvalue weighted by Crippen LogP contribution is -2.10. The van der Waals surface area contributed by atoms with E-state index in [1.54, 1.807) is 0 Å². The van der Waals surface area contributed by atoms with Crippen molar-refractivity contribution in [2.45, 2.75) is 13.8 Å². The third-order valence-corrected chi connectivity index (χ3v) is 1.32. The highest BCUT2D eigenvalue weighted by molar-refractivity contribution is 5.39. The quantitative estimate of drug-likeness (QED) is 0.621. The van der Waals surface area contributed by atoms with Gasteiger partial charge in [0, 0.05) is 13.1 Å². The number of anilines is 3. The van der Waals surface area contributed by atoms with E-state index in [0.717, 1.165) is 13.1 Å². The molecule has 13 heavy (non-hydrogen) atoms. The van der Waals surface area contributed by atoms with Gasteiger partial charge in [0.1, 0.15) is 0 Å². The van der Waals surface area contributed by atoms with E-state index in [9.17, 15) is 0 Å². The standard InChI is InChI=1S/C7H14N6/c1-3-9-6-11-5(8)12-7(13-6)10-4-2/h3-4H2,1-2H3,(H4,8,9,10,11,12,13). The molecule has 6 nitrogen and oxygen atoms in total. The summed E-state index contributed by atoms with van der Waals surface area (Å²) in [7, 11) is 0. The molecule has 1 heterocycles. The minimum Gasteiger partial charge on any atom is -0.368 e. The number of nitrogens with two attached hydrogens (primary N) is 1. The number of aromatic nitrogens is 3. The zero-order chi connectivity index (χ0) is 9.68. The molecule has 0 saturated carbocycles. The molecule has 0 fully saturated rings. The monoisotopic (exact) mass is 182 g/mol.